The molecule has 0 aliphatic heterocycles. The predicted molar refractivity (Wildman–Crippen MR) is 77.2 cm³/mol. The number of nitrogens with zero attached hydrogens (tertiary/aromatic N) is 1. The minimum absolute atomic E-state index is 0.382. The quantitative estimate of drug-likeness (QED) is 0.496. The second kappa shape index (κ2) is 7.99. The Labute approximate surface area is 116 Å². The number of nitrogens with one attached hydrogen (secondary N) is 2. The van der Waals surface area contributed by atoms with Gasteiger partial charge in [-0.1, -0.05) is 12.1 Å². The first kappa shape index (κ1) is 15.8. The Morgan fingerprint density at radius 1 is 1.37 bits per heavy atom. The van der Waals surface area contributed by atoms with Crippen LogP contribution in [0.15, 0.2) is 28.1 Å². The standard InChI is InChI=1S/C13H19F2N3S/c1-9-4-5-10(11(6-9)19-3)7-17-13(16-2)18-8-12(14)15/h4-6,12H,7-8H2,1-3H3,(H2,16,17,18). The van der Waals surface area contributed by atoms with Crippen LogP contribution in [0.2, 0.25) is 0 Å². The third-order valence-corrected chi connectivity index (χ3v) is 3.36. The van der Waals surface area contributed by atoms with Crippen LogP contribution in [0.1, 0.15) is 11.1 Å². The Bertz CT molecular complexity index is 436. The Morgan fingerprint density at radius 2 is 2.11 bits per heavy atom. The molecular weight excluding hydrogens is 268 g/mol. The third kappa shape index (κ3) is 5.46. The van der Waals surface area contributed by atoms with Crippen molar-refractivity contribution in [2.24, 2.45) is 4.99 Å². The topological polar surface area (TPSA) is 36.4 Å². The van der Waals surface area contributed by atoms with Gasteiger partial charge in [-0.05, 0) is 30.4 Å². The van der Waals surface area contributed by atoms with E-state index in [1.165, 1.54) is 10.5 Å². The molecule has 0 fully saturated rings. The maximum absolute atomic E-state index is 12.1. The molecule has 6 heteroatoms. The van der Waals surface area contributed by atoms with E-state index in [-0.39, 0.29) is 0 Å². The Morgan fingerprint density at radius 3 is 2.68 bits per heavy atom. The summed E-state index contributed by atoms with van der Waals surface area (Å²) >= 11 is 1.67. The van der Waals surface area contributed by atoms with Crippen LogP contribution in [0.5, 0.6) is 0 Å². The van der Waals surface area contributed by atoms with Gasteiger partial charge in [-0.25, -0.2) is 8.78 Å². The van der Waals surface area contributed by atoms with Crippen LogP contribution in [0.25, 0.3) is 0 Å². The number of aliphatic imine (C=N–C) groups is 1. The molecular formula is C13H19F2N3S. The van der Waals surface area contributed by atoms with Crippen LogP contribution in [0, 0.1) is 6.92 Å². The van der Waals surface area contributed by atoms with Gasteiger partial charge in [-0.3, -0.25) is 4.99 Å². The van der Waals surface area contributed by atoms with Crippen LogP contribution >= 0.6 is 11.8 Å². The van der Waals surface area contributed by atoms with Gasteiger partial charge < -0.3 is 10.6 Å². The van der Waals surface area contributed by atoms with E-state index >= 15 is 0 Å². The highest BCUT2D eigenvalue weighted by Gasteiger charge is 2.06. The predicted octanol–water partition coefficient (Wildman–Crippen LogP) is 2.65. The van der Waals surface area contributed by atoms with Gasteiger partial charge in [0.1, 0.15) is 0 Å². The summed E-state index contributed by atoms with van der Waals surface area (Å²) in [6.45, 7) is 2.20. The molecule has 0 aliphatic carbocycles. The average Bonchev–Trinajstić information content (AvgIpc) is 2.39. The molecule has 0 aromatic heterocycles. The zero-order valence-electron chi connectivity index (χ0n) is 11.3. The second-order valence-corrected chi connectivity index (χ2v) is 4.86. The zero-order chi connectivity index (χ0) is 14.3. The molecule has 0 spiro atoms. The van der Waals surface area contributed by atoms with Crippen molar-refractivity contribution in [3.8, 4) is 0 Å². The lowest BCUT2D eigenvalue weighted by Crippen LogP contribution is -2.39. The van der Waals surface area contributed by atoms with Crippen molar-refractivity contribution in [2.75, 3.05) is 19.8 Å². The largest absolute Gasteiger partial charge is 0.352 e. The van der Waals surface area contributed by atoms with Gasteiger partial charge in [0.15, 0.2) is 5.96 Å². The molecule has 2 N–H and O–H groups in total. The molecule has 1 aromatic carbocycles. The zero-order valence-corrected chi connectivity index (χ0v) is 12.2. The highest BCUT2D eigenvalue weighted by atomic mass is 32.2. The van der Waals surface area contributed by atoms with E-state index in [2.05, 4.69) is 21.7 Å². The number of benzene rings is 1. The maximum Gasteiger partial charge on any atom is 0.255 e. The van der Waals surface area contributed by atoms with Crippen molar-refractivity contribution in [3.63, 3.8) is 0 Å². The maximum atomic E-state index is 12.1. The van der Waals surface area contributed by atoms with Gasteiger partial charge in [0.2, 0.25) is 0 Å². The van der Waals surface area contributed by atoms with E-state index < -0.39 is 13.0 Å². The van der Waals surface area contributed by atoms with Gasteiger partial charge >= 0.3 is 0 Å². The monoisotopic (exact) mass is 287 g/mol. The van der Waals surface area contributed by atoms with Gasteiger partial charge in [0.25, 0.3) is 6.43 Å². The van der Waals surface area contributed by atoms with Gasteiger partial charge in [-0.15, -0.1) is 11.8 Å². The van der Waals surface area contributed by atoms with Gasteiger partial charge in [0, 0.05) is 18.5 Å². The number of aryl methyl sites for hydroxylation is 1. The van der Waals surface area contributed by atoms with Crippen LogP contribution < -0.4 is 10.6 Å². The minimum Gasteiger partial charge on any atom is -0.352 e. The van der Waals surface area contributed by atoms with Crippen molar-refractivity contribution >= 4 is 17.7 Å². The summed E-state index contributed by atoms with van der Waals surface area (Å²) in [5.41, 5.74) is 2.33. The van der Waals surface area contributed by atoms with E-state index in [1.54, 1.807) is 18.8 Å². The molecule has 0 saturated carbocycles. The van der Waals surface area contributed by atoms with Crippen LogP contribution in [-0.4, -0.2) is 32.2 Å². The third-order valence-electron chi connectivity index (χ3n) is 2.54. The molecule has 0 saturated heterocycles. The first-order valence-electron chi connectivity index (χ1n) is 5.93. The number of halogens is 2. The number of thioether (sulfide) groups is 1. The lowest BCUT2D eigenvalue weighted by atomic mass is 10.1. The molecule has 0 aliphatic rings. The fourth-order valence-corrected chi connectivity index (χ4v) is 2.28. The number of hydrogen-bond donors (Lipinski definition) is 2. The van der Waals surface area contributed by atoms with E-state index in [9.17, 15) is 8.78 Å². The molecule has 19 heavy (non-hydrogen) atoms. The smallest absolute Gasteiger partial charge is 0.255 e. The van der Waals surface area contributed by atoms with Crippen molar-refractivity contribution in [1.82, 2.24) is 10.6 Å². The highest BCUT2D eigenvalue weighted by molar-refractivity contribution is 7.98. The molecule has 3 nitrogen and oxygen atoms in total. The summed E-state index contributed by atoms with van der Waals surface area (Å²) in [4.78, 5) is 5.08. The lowest BCUT2D eigenvalue weighted by Gasteiger charge is -2.13. The second-order valence-electron chi connectivity index (χ2n) is 4.01. The Hall–Kier alpha value is -1.30. The van der Waals surface area contributed by atoms with Crippen molar-refractivity contribution in [3.05, 3.63) is 29.3 Å². The molecule has 1 aromatic rings. The number of guanidine groups is 1. The number of hydrogen-bond acceptors (Lipinski definition) is 2. The molecule has 0 heterocycles. The molecule has 0 unspecified atom stereocenters. The fraction of sp³-hybridized carbons (Fsp3) is 0.462. The first-order valence-corrected chi connectivity index (χ1v) is 7.15. The number of alkyl halides is 2. The fourth-order valence-electron chi connectivity index (χ4n) is 1.57. The van der Waals surface area contributed by atoms with E-state index in [0.29, 0.717) is 12.5 Å². The van der Waals surface area contributed by atoms with Gasteiger partial charge in [0.05, 0.1) is 6.54 Å². The van der Waals surface area contributed by atoms with E-state index in [4.69, 9.17) is 0 Å². The first-order chi connectivity index (χ1) is 9.06. The molecule has 1 rings (SSSR count). The summed E-state index contributed by atoms with van der Waals surface area (Å²) in [6, 6.07) is 6.18. The van der Waals surface area contributed by atoms with Crippen molar-refractivity contribution in [2.45, 2.75) is 24.8 Å². The summed E-state index contributed by atoms with van der Waals surface area (Å²) in [6.07, 6.45) is -0.373. The molecule has 0 radical (unpaired) electrons. The summed E-state index contributed by atoms with van der Waals surface area (Å²) < 4.78 is 24.2. The van der Waals surface area contributed by atoms with E-state index in [1.807, 2.05) is 25.3 Å². The molecule has 0 atom stereocenters. The summed E-state index contributed by atoms with van der Waals surface area (Å²) in [5, 5.41) is 5.60. The number of rotatable bonds is 5. The van der Waals surface area contributed by atoms with Crippen molar-refractivity contribution in [1.29, 1.82) is 0 Å². The summed E-state index contributed by atoms with van der Waals surface area (Å²) in [7, 11) is 1.56. The highest BCUT2D eigenvalue weighted by Crippen LogP contribution is 2.21. The molecule has 0 amide bonds. The van der Waals surface area contributed by atoms with Crippen LogP contribution in [0.3, 0.4) is 0 Å². The van der Waals surface area contributed by atoms with E-state index in [0.717, 1.165) is 5.56 Å². The normalized spacial score (nSPS) is 11.8. The van der Waals surface area contributed by atoms with Crippen LogP contribution in [0.4, 0.5) is 8.78 Å². The lowest BCUT2D eigenvalue weighted by molar-refractivity contribution is 0.152. The van der Waals surface area contributed by atoms with Gasteiger partial charge in [-0.2, -0.15) is 0 Å². The Balaban J connectivity index is 2.60. The summed E-state index contributed by atoms with van der Waals surface area (Å²) in [5.74, 6) is 0.382. The average molecular weight is 287 g/mol. The molecule has 0 bridgehead atoms. The SMILES string of the molecule is CN=C(NCc1ccc(C)cc1SC)NCC(F)F. The van der Waals surface area contributed by atoms with Crippen LogP contribution in [-0.2, 0) is 6.54 Å². The van der Waals surface area contributed by atoms with Crippen molar-refractivity contribution < 1.29 is 8.78 Å². The Kier molecular flexibility index (Phi) is 6.62. The minimum atomic E-state index is -2.39. The molecule has 106 valence electrons.